The monoisotopic (exact) mass is 353 g/mol. The second-order valence-corrected chi connectivity index (χ2v) is 6.48. The number of hydrogen-bond donors (Lipinski definition) is 0. The zero-order chi connectivity index (χ0) is 18.4. The minimum Gasteiger partial charge on any atom is -0.497 e. The summed E-state index contributed by atoms with van der Waals surface area (Å²) in [5.74, 6) is 0.533. The maximum absolute atomic E-state index is 12.9. The van der Waals surface area contributed by atoms with Gasteiger partial charge in [-0.05, 0) is 70.1 Å². The van der Waals surface area contributed by atoms with Crippen LogP contribution in [0.1, 0.15) is 16.1 Å². The van der Waals surface area contributed by atoms with Crippen LogP contribution in [0.2, 0.25) is 0 Å². The second-order valence-electron chi connectivity index (χ2n) is 6.48. The predicted molar refractivity (Wildman–Crippen MR) is 105 cm³/mol. The van der Waals surface area contributed by atoms with Crippen molar-refractivity contribution in [2.24, 2.45) is 0 Å². The standard InChI is InChI=1S/C23H15NO3/c1-26-19-8-6-14(7-9-19)23(25)22-20-12-17-10-15-4-2-3-5-16(15)11-18(17)13-21(20)27-24-22/h2-13H,1H3. The molecule has 5 rings (SSSR count). The van der Waals surface area contributed by atoms with E-state index >= 15 is 0 Å². The van der Waals surface area contributed by atoms with Crippen molar-refractivity contribution in [3.63, 3.8) is 0 Å². The number of carbonyl (C=O) groups is 1. The van der Waals surface area contributed by atoms with Crippen LogP contribution in [0.5, 0.6) is 5.75 Å². The maximum Gasteiger partial charge on any atom is 0.215 e. The fourth-order valence-corrected chi connectivity index (χ4v) is 3.42. The molecule has 0 spiro atoms. The van der Waals surface area contributed by atoms with Crippen molar-refractivity contribution in [3.05, 3.63) is 84.1 Å². The van der Waals surface area contributed by atoms with Crippen molar-refractivity contribution < 1.29 is 14.1 Å². The molecule has 0 aliphatic heterocycles. The molecular formula is C23H15NO3. The summed E-state index contributed by atoms with van der Waals surface area (Å²) in [4.78, 5) is 12.9. The van der Waals surface area contributed by atoms with E-state index in [1.54, 1.807) is 31.4 Å². The number of ether oxygens (including phenoxy) is 1. The van der Waals surface area contributed by atoms with E-state index in [9.17, 15) is 4.79 Å². The number of fused-ring (bicyclic) bond motifs is 3. The highest BCUT2D eigenvalue weighted by Gasteiger charge is 2.18. The molecule has 1 aromatic heterocycles. The van der Waals surface area contributed by atoms with Gasteiger partial charge in [0.15, 0.2) is 11.3 Å². The molecule has 4 heteroatoms. The van der Waals surface area contributed by atoms with Crippen LogP contribution in [0.15, 0.2) is 77.3 Å². The number of carbonyl (C=O) groups excluding carboxylic acids is 1. The number of hydrogen-bond acceptors (Lipinski definition) is 4. The van der Waals surface area contributed by atoms with E-state index in [-0.39, 0.29) is 5.78 Å². The van der Waals surface area contributed by atoms with Crippen LogP contribution in [0.3, 0.4) is 0 Å². The Labute approximate surface area is 155 Å². The number of nitrogens with zero attached hydrogens (tertiary/aromatic N) is 1. The Kier molecular flexibility index (Phi) is 3.44. The fourth-order valence-electron chi connectivity index (χ4n) is 3.42. The minimum atomic E-state index is -0.170. The van der Waals surface area contributed by atoms with Crippen molar-refractivity contribution in [1.29, 1.82) is 0 Å². The zero-order valence-corrected chi connectivity index (χ0v) is 14.6. The summed E-state index contributed by atoms with van der Waals surface area (Å²) in [5, 5.41) is 9.20. The highest BCUT2D eigenvalue weighted by atomic mass is 16.5. The molecule has 1 heterocycles. The van der Waals surface area contributed by atoms with E-state index in [1.807, 2.05) is 24.3 Å². The Morgan fingerprint density at radius 1 is 0.852 bits per heavy atom. The highest BCUT2D eigenvalue weighted by molar-refractivity contribution is 6.16. The van der Waals surface area contributed by atoms with Gasteiger partial charge in [0.1, 0.15) is 5.75 Å². The Bertz CT molecular complexity index is 1320. The molecule has 0 bridgehead atoms. The third-order valence-electron chi connectivity index (χ3n) is 4.86. The molecule has 0 radical (unpaired) electrons. The molecule has 0 unspecified atom stereocenters. The van der Waals surface area contributed by atoms with Gasteiger partial charge in [0.2, 0.25) is 5.78 Å². The summed E-state index contributed by atoms with van der Waals surface area (Å²) >= 11 is 0. The summed E-state index contributed by atoms with van der Waals surface area (Å²) in [5.41, 5.74) is 1.48. The minimum absolute atomic E-state index is 0.170. The molecule has 4 nitrogen and oxygen atoms in total. The van der Waals surface area contributed by atoms with Gasteiger partial charge in [0.25, 0.3) is 0 Å². The molecule has 0 saturated heterocycles. The number of methoxy groups -OCH3 is 1. The van der Waals surface area contributed by atoms with Crippen molar-refractivity contribution in [2.75, 3.05) is 7.11 Å². The van der Waals surface area contributed by atoms with E-state index < -0.39 is 0 Å². The van der Waals surface area contributed by atoms with Gasteiger partial charge in [-0.15, -0.1) is 0 Å². The molecular weight excluding hydrogens is 338 g/mol. The van der Waals surface area contributed by atoms with Gasteiger partial charge in [-0.25, -0.2) is 0 Å². The summed E-state index contributed by atoms with van der Waals surface area (Å²) in [6.45, 7) is 0. The van der Waals surface area contributed by atoms with Crippen molar-refractivity contribution in [3.8, 4) is 5.75 Å². The highest BCUT2D eigenvalue weighted by Crippen LogP contribution is 2.30. The smallest absolute Gasteiger partial charge is 0.215 e. The normalized spacial score (nSPS) is 11.3. The molecule has 0 amide bonds. The lowest BCUT2D eigenvalue weighted by molar-refractivity contribution is 0.103. The third kappa shape index (κ3) is 2.54. The van der Waals surface area contributed by atoms with Crippen LogP contribution in [0.4, 0.5) is 0 Å². The predicted octanol–water partition coefficient (Wildman–Crippen LogP) is 5.37. The first-order valence-corrected chi connectivity index (χ1v) is 8.63. The Morgan fingerprint density at radius 2 is 1.52 bits per heavy atom. The summed E-state index contributed by atoms with van der Waals surface area (Å²) in [6.07, 6.45) is 0. The summed E-state index contributed by atoms with van der Waals surface area (Å²) in [6, 6.07) is 23.3. The molecule has 4 aromatic carbocycles. The van der Waals surface area contributed by atoms with E-state index in [4.69, 9.17) is 9.26 Å². The molecule has 0 fully saturated rings. The molecule has 0 N–H and O–H groups in total. The quantitative estimate of drug-likeness (QED) is 0.323. The number of rotatable bonds is 3. The van der Waals surface area contributed by atoms with E-state index in [2.05, 4.69) is 29.4 Å². The average Bonchev–Trinajstić information content (AvgIpc) is 3.12. The average molecular weight is 353 g/mol. The van der Waals surface area contributed by atoms with Crippen molar-refractivity contribution >= 4 is 38.3 Å². The van der Waals surface area contributed by atoms with Crippen molar-refractivity contribution in [2.45, 2.75) is 0 Å². The molecule has 5 aromatic rings. The number of ketones is 1. The molecule has 0 saturated carbocycles. The largest absolute Gasteiger partial charge is 0.497 e. The van der Waals surface area contributed by atoms with E-state index in [0.717, 1.165) is 21.5 Å². The third-order valence-corrected chi connectivity index (χ3v) is 4.86. The molecule has 27 heavy (non-hydrogen) atoms. The SMILES string of the molecule is COc1ccc(C(=O)c2noc3cc4cc5ccccc5cc4cc23)cc1. The summed E-state index contributed by atoms with van der Waals surface area (Å²) in [7, 11) is 1.59. The zero-order valence-electron chi connectivity index (χ0n) is 14.6. The Hall–Kier alpha value is -3.66. The second kappa shape index (κ2) is 5.95. The lowest BCUT2D eigenvalue weighted by Crippen LogP contribution is -2.02. The van der Waals surface area contributed by atoms with Crippen LogP contribution < -0.4 is 4.74 Å². The number of benzene rings is 4. The molecule has 0 aliphatic carbocycles. The Morgan fingerprint density at radius 3 is 2.19 bits per heavy atom. The summed E-state index contributed by atoms with van der Waals surface area (Å²) < 4.78 is 10.6. The van der Waals surface area contributed by atoms with Gasteiger partial charge in [0.05, 0.1) is 12.5 Å². The first-order chi connectivity index (χ1) is 13.2. The molecule has 0 atom stereocenters. The maximum atomic E-state index is 12.9. The van der Waals surface area contributed by atoms with Crippen LogP contribution in [-0.2, 0) is 0 Å². The van der Waals surface area contributed by atoms with Gasteiger partial charge < -0.3 is 9.26 Å². The molecule has 130 valence electrons. The van der Waals surface area contributed by atoms with Gasteiger partial charge in [-0.1, -0.05) is 29.4 Å². The lowest BCUT2D eigenvalue weighted by atomic mass is 10.00. The van der Waals surface area contributed by atoms with Crippen LogP contribution in [0.25, 0.3) is 32.5 Å². The molecule has 0 aliphatic rings. The Balaban J connectivity index is 1.67. The van der Waals surface area contributed by atoms with E-state index in [0.29, 0.717) is 22.6 Å². The van der Waals surface area contributed by atoms with Gasteiger partial charge >= 0.3 is 0 Å². The lowest BCUT2D eigenvalue weighted by Gasteiger charge is -2.03. The van der Waals surface area contributed by atoms with Gasteiger partial charge in [-0.2, -0.15) is 0 Å². The van der Waals surface area contributed by atoms with Crippen LogP contribution in [0, 0.1) is 0 Å². The first kappa shape index (κ1) is 15.6. The van der Waals surface area contributed by atoms with E-state index in [1.165, 1.54) is 5.39 Å². The topological polar surface area (TPSA) is 52.3 Å². The van der Waals surface area contributed by atoms with Crippen LogP contribution in [-0.4, -0.2) is 18.0 Å². The first-order valence-electron chi connectivity index (χ1n) is 8.63. The number of aromatic nitrogens is 1. The fraction of sp³-hybridized carbons (Fsp3) is 0.0435. The van der Waals surface area contributed by atoms with Gasteiger partial charge in [0, 0.05) is 5.56 Å². The van der Waals surface area contributed by atoms with Gasteiger partial charge in [-0.3, -0.25) is 4.79 Å². The van der Waals surface area contributed by atoms with Crippen LogP contribution >= 0.6 is 0 Å². The van der Waals surface area contributed by atoms with Crippen molar-refractivity contribution in [1.82, 2.24) is 5.16 Å².